The number of halogens is 1. The Labute approximate surface area is 121 Å². The lowest BCUT2D eigenvalue weighted by Crippen LogP contribution is -2.52. The number of piperazine rings is 1. The van der Waals surface area contributed by atoms with Crippen LogP contribution in [0.5, 0.6) is 0 Å². The average molecular weight is 313 g/mol. The van der Waals surface area contributed by atoms with Gasteiger partial charge in [-0.05, 0) is 26.7 Å². The van der Waals surface area contributed by atoms with Gasteiger partial charge in [0, 0.05) is 38.6 Å². The van der Waals surface area contributed by atoms with Crippen LogP contribution in [0.25, 0.3) is 0 Å². The van der Waals surface area contributed by atoms with Gasteiger partial charge in [-0.2, -0.15) is 4.31 Å². The summed E-state index contributed by atoms with van der Waals surface area (Å²) in [6.07, 6.45) is 1.36. The molecule has 1 fully saturated rings. The number of unbranched alkanes of at least 4 members (excludes halogenated alkanes) is 1. The summed E-state index contributed by atoms with van der Waals surface area (Å²) in [5.74, 6) is 0.695. The molecule has 0 bridgehead atoms. The van der Waals surface area contributed by atoms with E-state index in [2.05, 4.69) is 4.90 Å². The zero-order chi connectivity index (χ0) is 14.5. The highest BCUT2D eigenvalue weighted by atomic mass is 35.5. The van der Waals surface area contributed by atoms with Crippen LogP contribution in [0.4, 0.5) is 0 Å². The Morgan fingerprint density at radius 2 is 1.74 bits per heavy atom. The van der Waals surface area contributed by atoms with E-state index in [-0.39, 0.29) is 5.75 Å². The van der Waals surface area contributed by atoms with Gasteiger partial charge in [-0.15, -0.1) is 11.6 Å². The lowest BCUT2D eigenvalue weighted by Gasteiger charge is -2.36. The summed E-state index contributed by atoms with van der Waals surface area (Å²) in [6, 6.07) is 0. The standard InChI is InChI=1S/C12H25ClN2O3S/c1-12(2,16)11-14-6-8-15(9-7-14)19(17,18)10-4-3-5-13/h16H,3-11H2,1-2H3. The summed E-state index contributed by atoms with van der Waals surface area (Å²) in [6.45, 7) is 6.49. The molecule has 5 nitrogen and oxygen atoms in total. The molecule has 1 heterocycles. The van der Waals surface area contributed by atoms with Gasteiger partial charge in [-0.3, -0.25) is 4.90 Å². The van der Waals surface area contributed by atoms with E-state index in [1.807, 2.05) is 0 Å². The average Bonchev–Trinajstić information content (AvgIpc) is 2.27. The van der Waals surface area contributed by atoms with Crippen molar-refractivity contribution in [2.75, 3.05) is 44.4 Å². The van der Waals surface area contributed by atoms with Crippen LogP contribution in [0.3, 0.4) is 0 Å². The van der Waals surface area contributed by atoms with Gasteiger partial charge in [-0.1, -0.05) is 0 Å². The molecule has 1 saturated heterocycles. The zero-order valence-corrected chi connectivity index (χ0v) is 13.4. The van der Waals surface area contributed by atoms with Crippen LogP contribution in [0.1, 0.15) is 26.7 Å². The maximum absolute atomic E-state index is 12.1. The molecule has 0 saturated carbocycles. The van der Waals surface area contributed by atoms with Crippen LogP contribution in [-0.4, -0.2) is 72.7 Å². The van der Waals surface area contributed by atoms with Gasteiger partial charge in [0.25, 0.3) is 0 Å². The largest absolute Gasteiger partial charge is 0.389 e. The molecule has 0 aliphatic carbocycles. The molecule has 1 aliphatic rings. The van der Waals surface area contributed by atoms with Crippen LogP contribution in [0, 0.1) is 0 Å². The molecular weight excluding hydrogens is 288 g/mol. The van der Waals surface area contributed by atoms with Crippen molar-refractivity contribution in [2.45, 2.75) is 32.3 Å². The SMILES string of the molecule is CC(C)(O)CN1CCN(S(=O)(=O)CCCCCl)CC1. The van der Waals surface area contributed by atoms with Gasteiger partial charge >= 0.3 is 0 Å². The van der Waals surface area contributed by atoms with Crippen LogP contribution >= 0.6 is 11.6 Å². The fraction of sp³-hybridized carbons (Fsp3) is 1.00. The monoisotopic (exact) mass is 312 g/mol. The fourth-order valence-corrected chi connectivity index (χ4v) is 3.96. The number of hydrogen-bond donors (Lipinski definition) is 1. The highest BCUT2D eigenvalue weighted by molar-refractivity contribution is 7.89. The Hall–Kier alpha value is 0.120. The van der Waals surface area contributed by atoms with Crippen molar-refractivity contribution >= 4 is 21.6 Å². The third kappa shape index (κ3) is 6.40. The number of aliphatic hydroxyl groups is 1. The molecule has 0 aromatic rings. The van der Waals surface area contributed by atoms with E-state index in [1.54, 1.807) is 18.2 Å². The quantitative estimate of drug-likeness (QED) is 0.556. The van der Waals surface area contributed by atoms with Gasteiger partial charge < -0.3 is 5.11 Å². The molecule has 7 heteroatoms. The second kappa shape index (κ2) is 7.22. The van der Waals surface area contributed by atoms with Gasteiger partial charge in [0.2, 0.25) is 10.0 Å². The molecular formula is C12H25ClN2O3S. The van der Waals surface area contributed by atoms with Gasteiger partial charge in [0.15, 0.2) is 0 Å². The normalized spacial score (nSPS) is 19.8. The van der Waals surface area contributed by atoms with Gasteiger partial charge in [0.05, 0.1) is 11.4 Å². The molecule has 0 spiro atoms. The number of sulfonamides is 1. The number of hydrogen-bond acceptors (Lipinski definition) is 4. The van der Waals surface area contributed by atoms with Crippen molar-refractivity contribution in [2.24, 2.45) is 0 Å². The first-order chi connectivity index (χ1) is 8.74. The molecule has 0 amide bonds. The van der Waals surface area contributed by atoms with E-state index < -0.39 is 15.6 Å². The minimum atomic E-state index is -3.14. The maximum atomic E-state index is 12.1. The second-order valence-electron chi connectivity index (χ2n) is 5.70. The highest BCUT2D eigenvalue weighted by Gasteiger charge is 2.28. The van der Waals surface area contributed by atoms with E-state index in [4.69, 9.17) is 11.6 Å². The van der Waals surface area contributed by atoms with E-state index >= 15 is 0 Å². The van der Waals surface area contributed by atoms with Gasteiger partial charge in [-0.25, -0.2) is 8.42 Å². The molecule has 19 heavy (non-hydrogen) atoms. The summed E-state index contributed by atoms with van der Waals surface area (Å²) in [5.41, 5.74) is -0.735. The molecule has 0 unspecified atom stereocenters. The molecule has 1 rings (SSSR count). The molecule has 114 valence electrons. The van der Waals surface area contributed by atoms with E-state index in [1.165, 1.54) is 0 Å². The molecule has 0 radical (unpaired) electrons. The van der Waals surface area contributed by atoms with Crippen LogP contribution in [-0.2, 0) is 10.0 Å². The topological polar surface area (TPSA) is 60.9 Å². The van der Waals surface area contributed by atoms with E-state index in [0.717, 1.165) is 6.42 Å². The second-order valence-corrected chi connectivity index (χ2v) is 8.17. The Balaban J connectivity index is 2.40. The zero-order valence-electron chi connectivity index (χ0n) is 11.8. The first-order valence-electron chi connectivity index (χ1n) is 6.73. The number of β-amino-alcohol motifs (C(OH)–C–C–N with tert-alkyl or cyclic N) is 1. The van der Waals surface area contributed by atoms with Crippen LogP contribution in [0.2, 0.25) is 0 Å². The summed E-state index contributed by atoms with van der Waals surface area (Å²) in [4.78, 5) is 2.10. The van der Waals surface area contributed by atoms with E-state index in [0.29, 0.717) is 45.0 Å². The predicted molar refractivity (Wildman–Crippen MR) is 78.1 cm³/mol. The summed E-state index contributed by atoms with van der Waals surface area (Å²) in [5, 5.41) is 9.75. The number of nitrogens with zero attached hydrogens (tertiary/aromatic N) is 2. The molecule has 1 aliphatic heterocycles. The Bertz CT molecular complexity index is 360. The van der Waals surface area contributed by atoms with Crippen molar-refractivity contribution in [1.29, 1.82) is 0 Å². The summed E-state index contributed by atoms with van der Waals surface area (Å²) < 4.78 is 25.7. The van der Waals surface area contributed by atoms with Crippen LogP contribution < -0.4 is 0 Å². The van der Waals surface area contributed by atoms with E-state index in [9.17, 15) is 13.5 Å². The van der Waals surface area contributed by atoms with Crippen LogP contribution in [0.15, 0.2) is 0 Å². The van der Waals surface area contributed by atoms with Crippen molar-refractivity contribution in [3.05, 3.63) is 0 Å². The third-order valence-electron chi connectivity index (χ3n) is 3.12. The first-order valence-corrected chi connectivity index (χ1v) is 8.87. The fourth-order valence-electron chi connectivity index (χ4n) is 2.22. The Morgan fingerprint density at radius 1 is 1.16 bits per heavy atom. The summed E-state index contributed by atoms with van der Waals surface area (Å²) in [7, 11) is -3.14. The minimum absolute atomic E-state index is 0.186. The smallest absolute Gasteiger partial charge is 0.214 e. The van der Waals surface area contributed by atoms with Crippen molar-refractivity contribution in [3.63, 3.8) is 0 Å². The maximum Gasteiger partial charge on any atom is 0.214 e. The number of rotatable bonds is 7. The lowest BCUT2D eigenvalue weighted by atomic mass is 10.1. The van der Waals surface area contributed by atoms with Crippen molar-refractivity contribution in [1.82, 2.24) is 9.21 Å². The minimum Gasteiger partial charge on any atom is -0.389 e. The number of alkyl halides is 1. The lowest BCUT2D eigenvalue weighted by molar-refractivity contribution is 0.0263. The molecule has 0 aromatic heterocycles. The third-order valence-corrected chi connectivity index (χ3v) is 5.34. The van der Waals surface area contributed by atoms with Crippen molar-refractivity contribution < 1.29 is 13.5 Å². The van der Waals surface area contributed by atoms with Crippen molar-refractivity contribution in [3.8, 4) is 0 Å². The molecule has 0 atom stereocenters. The Kier molecular flexibility index (Phi) is 6.53. The molecule has 1 N–H and O–H groups in total. The Morgan fingerprint density at radius 3 is 2.21 bits per heavy atom. The highest BCUT2D eigenvalue weighted by Crippen LogP contribution is 2.12. The first kappa shape index (κ1) is 17.2. The van der Waals surface area contributed by atoms with Gasteiger partial charge in [0.1, 0.15) is 0 Å². The molecule has 0 aromatic carbocycles. The summed E-state index contributed by atoms with van der Waals surface area (Å²) >= 11 is 5.56. The predicted octanol–water partition coefficient (Wildman–Crippen LogP) is 0.724.